The minimum absolute atomic E-state index is 1.02. The minimum Gasteiger partial charge on any atom is -0.0848 e. The van der Waals surface area contributed by atoms with E-state index in [4.69, 9.17) is 0 Å². The normalized spacial score (nSPS) is 71.2. The fraction of sp³-hybridized carbons (Fsp3) is 0.905. The molecule has 0 amide bonds. The molecule has 6 fully saturated rings. The Morgan fingerprint density at radius 1 is 0.524 bits per heavy atom. The van der Waals surface area contributed by atoms with Gasteiger partial charge in [-0.1, -0.05) is 18.6 Å². The van der Waals surface area contributed by atoms with Crippen molar-refractivity contribution >= 4 is 0 Å². The molecule has 6 saturated carbocycles. The summed E-state index contributed by atoms with van der Waals surface area (Å²) in [4.78, 5) is 0. The third kappa shape index (κ3) is 1.11. The Labute approximate surface area is 128 Å². The van der Waals surface area contributed by atoms with E-state index in [0.717, 1.165) is 23.7 Å². The molecule has 21 heavy (non-hydrogen) atoms. The molecular weight excluding hydrogens is 252 g/mol. The molecule has 0 heterocycles. The van der Waals surface area contributed by atoms with Gasteiger partial charge in [-0.2, -0.15) is 0 Å². The zero-order valence-electron chi connectivity index (χ0n) is 13.0. The molecule has 0 aromatic rings. The van der Waals surface area contributed by atoms with Gasteiger partial charge in [-0.05, 0) is 110 Å². The van der Waals surface area contributed by atoms with Crippen LogP contribution in [0.1, 0.15) is 44.9 Å². The number of allylic oxidation sites excluding steroid dienone is 2. The lowest BCUT2D eigenvalue weighted by molar-refractivity contribution is 0.0111. The quantitative estimate of drug-likeness (QED) is 0.443. The summed E-state index contributed by atoms with van der Waals surface area (Å²) in [5, 5.41) is 0. The van der Waals surface area contributed by atoms with Gasteiger partial charge in [0.25, 0.3) is 0 Å². The molecule has 7 aliphatic rings. The Kier molecular flexibility index (Phi) is 1.86. The number of fused-ring (bicyclic) bond motifs is 18. The summed E-state index contributed by atoms with van der Waals surface area (Å²) in [5.41, 5.74) is 0. The fourth-order valence-corrected chi connectivity index (χ4v) is 10.1. The topological polar surface area (TPSA) is 0 Å². The molecule has 0 spiro atoms. The Bertz CT molecular complexity index is 532. The van der Waals surface area contributed by atoms with E-state index < -0.39 is 0 Å². The molecule has 12 unspecified atom stereocenters. The van der Waals surface area contributed by atoms with Gasteiger partial charge in [-0.25, -0.2) is 0 Å². The molecular formula is C21H28. The zero-order chi connectivity index (χ0) is 13.3. The molecule has 0 heteroatoms. The smallest absolute Gasteiger partial charge is 0.0194 e. The van der Waals surface area contributed by atoms with Crippen molar-refractivity contribution in [2.45, 2.75) is 44.9 Å². The van der Waals surface area contributed by atoms with E-state index in [-0.39, 0.29) is 0 Å². The van der Waals surface area contributed by atoms with Crippen molar-refractivity contribution in [3.63, 3.8) is 0 Å². The number of hydrogen-bond acceptors (Lipinski definition) is 0. The first-order valence-electron chi connectivity index (χ1n) is 10.1. The van der Waals surface area contributed by atoms with Crippen molar-refractivity contribution in [2.24, 2.45) is 71.0 Å². The maximum atomic E-state index is 2.64. The summed E-state index contributed by atoms with van der Waals surface area (Å²) >= 11 is 0. The third-order valence-electron chi connectivity index (χ3n) is 10.1. The second-order valence-corrected chi connectivity index (χ2v) is 10.1. The molecule has 7 rings (SSSR count). The van der Waals surface area contributed by atoms with Gasteiger partial charge in [0, 0.05) is 0 Å². The van der Waals surface area contributed by atoms with E-state index in [9.17, 15) is 0 Å². The van der Waals surface area contributed by atoms with Crippen LogP contribution < -0.4 is 0 Å². The largest absolute Gasteiger partial charge is 0.0848 e. The van der Waals surface area contributed by atoms with Gasteiger partial charge in [0.2, 0.25) is 0 Å². The van der Waals surface area contributed by atoms with Crippen LogP contribution in [-0.2, 0) is 0 Å². The first kappa shape index (κ1) is 11.3. The van der Waals surface area contributed by atoms with E-state index in [0.29, 0.717) is 0 Å². The van der Waals surface area contributed by atoms with Crippen molar-refractivity contribution in [3.05, 3.63) is 12.2 Å². The summed E-state index contributed by atoms with van der Waals surface area (Å²) in [7, 11) is 0. The van der Waals surface area contributed by atoms with Crippen molar-refractivity contribution in [1.29, 1.82) is 0 Å². The highest BCUT2D eigenvalue weighted by Crippen LogP contribution is 2.75. The predicted molar refractivity (Wildman–Crippen MR) is 83.3 cm³/mol. The van der Waals surface area contributed by atoms with E-state index in [1.54, 1.807) is 44.9 Å². The summed E-state index contributed by atoms with van der Waals surface area (Å²) in [6.45, 7) is 0. The van der Waals surface area contributed by atoms with E-state index in [1.807, 2.05) is 0 Å². The van der Waals surface area contributed by atoms with Crippen molar-refractivity contribution < 1.29 is 0 Å². The lowest BCUT2D eigenvalue weighted by atomic mass is 9.57. The average molecular weight is 280 g/mol. The van der Waals surface area contributed by atoms with Crippen LogP contribution in [0.4, 0.5) is 0 Å². The summed E-state index contributed by atoms with van der Waals surface area (Å²) < 4.78 is 0. The average Bonchev–Trinajstić information content (AvgIpc) is 3.30. The van der Waals surface area contributed by atoms with Gasteiger partial charge in [-0.3, -0.25) is 0 Å². The molecule has 7 aliphatic carbocycles. The van der Waals surface area contributed by atoms with E-state index in [2.05, 4.69) is 12.2 Å². The fourth-order valence-electron chi connectivity index (χ4n) is 10.1. The van der Waals surface area contributed by atoms with Crippen LogP contribution in [0.15, 0.2) is 12.2 Å². The Morgan fingerprint density at radius 3 is 2.05 bits per heavy atom. The lowest BCUT2D eigenvalue weighted by Gasteiger charge is -2.48. The van der Waals surface area contributed by atoms with E-state index in [1.165, 1.54) is 47.3 Å². The maximum absolute atomic E-state index is 2.64. The molecule has 0 aromatic heterocycles. The third-order valence-corrected chi connectivity index (χ3v) is 10.1. The molecule has 0 saturated heterocycles. The monoisotopic (exact) mass is 280 g/mol. The lowest BCUT2D eigenvalue weighted by Crippen LogP contribution is -2.42. The first-order valence-corrected chi connectivity index (χ1v) is 10.1. The van der Waals surface area contributed by atoms with Crippen LogP contribution in [0.25, 0.3) is 0 Å². The highest BCUT2D eigenvalue weighted by molar-refractivity contribution is 5.24. The van der Waals surface area contributed by atoms with Crippen LogP contribution in [0, 0.1) is 71.0 Å². The van der Waals surface area contributed by atoms with Crippen LogP contribution in [0.5, 0.6) is 0 Å². The summed E-state index contributed by atoms with van der Waals surface area (Å²) in [6.07, 6.45) is 16.6. The van der Waals surface area contributed by atoms with Crippen LogP contribution in [-0.4, -0.2) is 0 Å². The molecule has 12 atom stereocenters. The van der Waals surface area contributed by atoms with Crippen LogP contribution in [0.3, 0.4) is 0 Å². The molecule has 0 aromatic carbocycles. The van der Waals surface area contributed by atoms with Crippen molar-refractivity contribution in [2.75, 3.05) is 0 Å². The van der Waals surface area contributed by atoms with Crippen molar-refractivity contribution in [1.82, 2.24) is 0 Å². The molecule has 112 valence electrons. The number of hydrogen-bond donors (Lipinski definition) is 0. The Balaban J connectivity index is 1.32. The standard InChI is InChI=1S/C21H28/c1-2-13-12-7-15(14(13)3-1)21-16(8-12)17-9-18(21)20-11-5-4-10(6-11)19(17)20/h4-5,10-21H,1-3,6-9H2. The van der Waals surface area contributed by atoms with Crippen LogP contribution >= 0.6 is 0 Å². The highest BCUT2D eigenvalue weighted by atomic mass is 14.7. The van der Waals surface area contributed by atoms with Gasteiger partial charge in [0.1, 0.15) is 0 Å². The molecule has 0 radical (unpaired) electrons. The number of rotatable bonds is 0. The van der Waals surface area contributed by atoms with Gasteiger partial charge < -0.3 is 0 Å². The molecule has 0 aliphatic heterocycles. The van der Waals surface area contributed by atoms with E-state index >= 15 is 0 Å². The zero-order valence-corrected chi connectivity index (χ0v) is 13.0. The second-order valence-electron chi connectivity index (χ2n) is 10.1. The Morgan fingerprint density at radius 2 is 1.19 bits per heavy atom. The van der Waals surface area contributed by atoms with Gasteiger partial charge in [0.05, 0.1) is 0 Å². The maximum Gasteiger partial charge on any atom is -0.0194 e. The summed E-state index contributed by atoms with van der Waals surface area (Å²) in [6, 6.07) is 0. The SMILES string of the molecule is C1=CC2CC1C1C3CC(C4C5CC(CC34)C3CCCC35)C21. The molecule has 0 nitrogen and oxygen atoms in total. The second kappa shape index (κ2) is 3.46. The molecule has 0 N–H and O–H groups in total. The first-order chi connectivity index (χ1) is 10.4. The molecule has 6 bridgehead atoms. The van der Waals surface area contributed by atoms with Crippen molar-refractivity contribution in [3.8, 4) is 0 Å². The minimum atomic E-state index is 1.02. The van der Waals surface area contributed by atoms with Crippen LogP contribution in [0.2, 0.25) is 0 Å². The van der Waals surface area contributed by atoms with Gasteiger partial charge >= 0.3 is 0 Å². The predicted octanol–water partition coefficient (Wildman–Crippen LogP) is 4.76. The van der Waals surface area contributed by atoms with Gasteiger partial charge in [-0.15, -0.1) is 0 Å². The summed E-state index contributed by atoms with van der Waals surface area (Å²) in [5.74, 6) is 13.9. The Hall–Kier alpha value is -0.260. The highest BCUT2D eigenvalue weighted by Gasteiger charge is 2.69. The van der Waals surface area contributed by atoms with Gasteiger partial charge in [0.15, 0.2) is 0 Å².